The molecule has 0 spiro atoms. The zero-order chi connectivity index (χ0) is 9.52. The van der Waals surface area contributed by atoms with Crippen LogP contribution in [-0.4, -0.2) is 0 Å². The first kappa shape index (κ1) is 9.79. The maximum Gasteiger partial charge on any atom is -0.0241 e. The second-order valence-electron chi connectivity index (χ2n) is 3.23. The van der Waals surface area contributed by atoms with Crippen LogP contribution >= 0.6 is 0 Å². The molecule has 0 aliphatic rings. The molecule has 0 N–H and O–H groups in total. The summed E-state index contributed by atoms with van der Waals surface area (Å²) in [6.45, 7) is 5.82. The van der Waals surface area contributed by atoms with Crippen molar-refractivity contribution in [1.82, 2.24) is 0 Å². The second-order valence-corrected chi connectivity index (χ2v) is 3.23. The lowest BCUT2D eigenvalue weighted by Crippen LogP contribution is -1.85. The first-order chi connectivity index (χ1) is 6.33. The van der Waals surface area contributed by atoms with Crippen LogP contribution < -0.4 is 0 Å². The van der Waals surface area contributed by atoms with Crippen molar-refractivity contribution in [3.8, 4) is 0 Å². The number of benzene rings is 1. The van der Waals surface area contributed by atoms with Crippen LogP contribution in [0.1, 0.15) is 18.9 Å². The fraction of sp³-hybridized carbons (Fsp3) is 0.231. The molecule has 68 valence electrons. The molecule has 13 heavy (non-hydrogen) atoms. The third-order valence-corrected chi connectivity index (χ3v) is 2.05. The Labute approximate surface area is 80.6 Å². The summed E-state index contributed by atoms with van der Waals surface area (Å²) >= 11 is 0. The average molecular weight is 172 g/mol. The standard InChI is InChI=1S/C13H16/c1-3-7-12(2)10-11-13-8-5-4-6-9-13/h3-9H,1,10-11H2,2H3/b12-7+. The number of allylic oxidation sites excluding steroid dienone is 3. The van der Waals surface area contributed by atoms with E-state index >= 15 is 0 Å². The summed E-state index contributed by atoms with van der Waals surface area (Å²) < 4.78 is 0. The van der Waals surface area contributed by atoms with Crippen molar-refractivity contribution in [3.63, 3.8) is 0 Å². The average Bonchev–Trinajstić information content (AvgIpc) is 2.17. The molecule has 0 heterocycles. The van der Waals surface area contributed by atoms with Gasteiger partial charge in [0.2, 0.25) is 0 Å². The summed E-state index contributed by atoms with van der Waals surface area (Å²) in [6, 6.07) is 10.6. The SMILES string of the molecule is C=C/C=C(\C)CCc1ccccc1. The highest BCUT2D eigenvalue weighted by Crippen LogP contribution is 2.08. The minimum absolute atomic E-state index is 1.12. The fourth-order valence-corrected chi connectivity index (χ4v) is 1.27. The van der Waals surface area contributed by atoms with Gasteiger partial charge < -0.3 is 0 Å². The Bertz CT molecular complexity index is 280. The Morgan fingerprint density at radius 3 is 2.62 bits per heavy atom. The number of hydrogen-bond acceptors (Lipinski definition) is 0. The van der Waals surface area contributed by atoms with E-state index in [2.05, 4.69) is 49.9 Å². The molecule has 0 heteroatoms. The molecule has 0 aromatic heterocycles. The van der Waals surface area contributed by atoms with E-state index in [0.717, 1.165) is 12.8 Å². The van der Waals surface area contributed by atoms with E-state index in [9.17, 15) is 0 Å². The Balaban J connectivity index is 2.44. The van der Waals surface area contributed by atoms with Crippen LogP contribution in [0.3, 0.4) is 0 Å². The molecule has 1 aromatic rings. The van der Waals surface area contributed by atoms with E-state index in [1.54, 1.807) is 0 Å². The zero-order valence-corrected chi connectivity index (χ0v) is 8.16. The molecule has 0 saturated heterocycles. The predicted molar refractivity (Wildman–Crippen MR) is 58.7 cm³/mol. The first-order valence-corrected chi connectivity index (χ1v) is 4.65. The molecule has 0 atom stereocenters. The smallest absolute Gasteiger partial charge is 0.0241 e. The summed E-state index contributed by atoms with van der Waals surface area (Å²) in [5, 5.41) is 0. The van der Waals surface area contributed by atoms with E-state index in [1.165, 1.54) is 11.1 Å². The largest absolute Gasteiger partial charge is 0.0991 e. The molecule has 0 fully saturated rings. The highest BCUT2D eigenvalue weighted by Gasteiger charge is 1.91. The van der Waals surface area contributed by atoms with E-state index in [0.29, 0.717) is 0 Å². The van der Waals surface area contributed by atoms with Gasteiger partial charge in [-0.05, 0) is 25.3 Å². The van der Waals surface area contributed by atoms with Crippen LogP contribution in [0.15, 0.2) is 54.6 Å². The van der Waals surface area contributed by atoms with Gasteiger partial charge in [0.25, 0.3) is 0 Å². The third kappa shape index (κ3) is 3.75. The van der Waals surface area contributed by atoms with Crippen LogP contribution in [0, 0.1) is 0 Å². The first-order valence-electron chi connectivity index (χ1n) is 4.65. The quantitative estimate of drug-likeness (QED) is 0.607. The van der Waals surface area contributed by atoms with Crippen molar-refractivity contribution in [1.29, 1.82) is 0 Å². The second kappa shape index (κ2) is 5.36. The molecule has 0 radical (unpaired) electrons. The molecule has 0 bridgehead atoms. The van der Waals surface area contributed by atoms with Gasteiger partial charge in [-0.1, -0.05) is 54.6 Å². The maximum absolute atomic E-state index is 3.68. The lowest BCUT2D eigenvalue weighted by atomic mass is 10.1. The zero-order valence-electron chi connectivity index (χ0n) is 8.16. The van der Waals surface area contributed by atoms with Gasteiger partial charge in [-0.2, -0.15) is 0 Å². The normalized spacial score (nSPS) is 11.3. The van der Waals surface area contributed by atoms with Crippen LogP contribution in [0.25, 0.3) is 0 Å². The van der Waals surface area contributed by atoms with E-state index in [-0.39, 0.29) is 0 Å². The van der Waals surface area contributed by atoms with E-state index < -0.39 is 0 Å². The van der Waals surface area contributed by atoms with Crippen molar-refractivity contribution >= 4 is 0 Å². The minimum atomic E-state index is 1.12. The van der Waals surface area contributed by atoms with Gasteiger partial charge >= 0.3 is 0 Å². The van der Waals surface area contributed by atoms with Crippen molar-refractivity contribution in [3.05, 3.63) is 60.2 Å². The predicted octanol–water partition coefficient (Wildman–Crippen LogP) is 3.75. The van der Waals surface area contributed by atoms with Crippen molar-refractivity contribution < 1.29 is 0 Å². The van der Waals surface area contributed by atoms with Crippen molar-refractivity contribution in [2.45, 2.75) is 19.8 Å². The number of rotatable bonds is 4. The van der Waals surface area contributed by atoms with E-state index in [4.69, 9.17) is 0 Å². The summed E-state index contributed by atoms with van der Waals surface area (Å²) in [6.07, 6.45) is 6.16. The highest BCUT2D eigenvalue weighted by atomic mass is 14.0. The molecule has 0 unspecified atom stereocenters. The molecule has 0 aliphatic carbocycles. The van der Waals surface area contributed by atoms with Gasteiger partial charge in [-0.3, -0.25) is 0 Å². The Morgan fingerprint density at radius 1 is 1.31 bits per heavy atom. The monoisotopic (exact) mass is 172 g/mol. The van der Waals surface area contributed by atoms with Gasteiger partial charge in [0, 0.05) is 0 Å². The van der Waals surface area contributed by atoms with Gasteiger partial charge in [0.1, 0.15) is 0 Å². The molecule has 1 aromatic carbocycles. The van der Waals surface area contributed by atoms with Crippen molar-refractivity contribution in [2.75, 3.05) is 0 Å². The fourth-order valence-electron chi connectivity index (χ4n) is 1.27. The van der Waals surface area contributed by atoms with Crippen LogP contribution in [-0.2, 0) is 6.42 Å². The molecule has 1 rings (SSSR count). The minimum Gasteiger partial charge on any atom is -0.0991 e. The Kier molecular flexibility index (Phi) is 4.04. The van der Waals surface area contributed by atoms with E-state index in [1.807, 2.05) is 6.08 Å². The van der Waals surface area contributed by atoms with Crippen LogP contribution in [0.4, 0.5) is 0 Å². The molecule has 0 amide bonds. The number of aryl methyl sites for hydroxylation is 1. The summed E-state index contributed by atoms with van der Waals surface area (Å²) in [7, 11) is 0. The van der Waals surface area contributed by atoms with Gasteiger partial charge in [0.05, 0.1) is 0 Å². The number of hydrogen-bond donors (Lipinski definition) is 0. The van der Waals surface area contributed by atoms with Crippen molar-refractivity contribution in [2.24, 2.45) is 0 Å². The summed E-state index contributed by atoms with van der Waals surface area (Å²) in [4.78, 5) is 0. The van der Waals surface area contributed by atoms with Gasteiger partial charge in [-0.25, -0.2) is 0 Å². The van der Waals surface area contributed by atoms with Gasteiger partial charge in [0.15, 0.2) is 0 Å². The maximum atomic E-state index is 3.68. The lowest BCUT2D eigenvalue weighted by Gasteiger charge is -2.00. The lowest BCUT2D eigenvalue weighted by molar-refractivity contribution is 0.941. The highest BCUT2D eigenvalue weighted by molar-refractivity contribution is 5.17. The third-order valence-electron chi connectivity index (χ3n) is 2.05. The Hall–Kier alpha value is -1.30. The summed E-state index contributed by atoms with van der Waals surface area (Å²) in [5.74, 6) is 0. The molecular weight excluding hydrogens is 156 g/mol. The summed E-state index contributed by atoms with van der Waals surface area (Å²) in [5.41, 5.74) is 2.79. The molecule has 0 nitrogen and oxygen atoms in total. The van der Waals surface area contributed by atoms with Gasteiger partial charge in [-0.15, -0.1) is 0 Å². The molecule has 0 aliphatic heterocycles. The van der Waals surface area contributed by atoms with Crippen LogP contribution in [0.5, 0.6) is 0 Å². The topological polar surface area (TPSA) is 0 Å². The molecule has 0 saturated carbocycles. The molecular formula is C13H16. The Morgan fingerprint density at radius 2 is 2.00 bits per heavy atom. The van der Waals surface area contributed by atoms with Crippen LogP contribution in [0.2, 0.25) is 0 Å².